The molecule has 0 saturated heterocycles. The second-order valence-corrected chi connectivity index (χ2v) is 5.72. The molecule has 2 aromatic carbocycles. The highest BCUT2D eigenvalue weighted by Crippen LogP contribution is 2.30. The number of hydrogen-bond donors (Lipinski definition) is 2. The number of aromatic amines is 1. The standard InChI is InChI=1S/C15H15N3S/c1-9-3-6-14(10(2)7-9)19-15-17-12-5-4-11(16)8-13(12)18-15/h3-8H,16H2,1-2H3,(H,17,18). The molecule has 19 heavy (non-hydrogen) atoms. The molecule has 4 heteroatoms. The quantitative estimate of drug-likeness (QED) is 0.693. The molecule has 3 aromatic rings. The van der Waals surface area contributed by atoms with Gasteiger partial charge in [0.1, 0.15) is 0 Å². The highest BCUT2D eigenvalue weighted by Gasteiger charge is 2.06. The molecule has 0 aliphatic rings. The Morgan fingerprint density at radius 2 is 1.95 bits per heavy atom. The fourth-order valence-corrected chi connectivity index (χ4v) is 2.94. The van der Waals surface area contributed by atoms with Gasteiger partial charge in [0, 0.05) is 10.6 Å². The Morgan fingerprint density at radius 1 is 1.11 bits per heavy atom. The van der Waals surface area contributed by atoms with E-state index in [1.54, 1.807) is 11.8 Å². The van der Waals surface area contributed by atoms with E-state index < -0.39 is 0 Å². The van der Waals surface area contributed by atoms with Crippen molar-refractivity contribution in [3.8, 4) is 0 Å². The van der Waals surface area contributed by atoms with Crippen LogP contribution in [0.25, 0.3) is 11.0 Å². The van der Waals surface area contributed by atoms with E-state index in [-0.39, 0.29) is 0 Å². The summed E-state index contributed by atoms with van der Waals surface area (Å²) in [6.45, 7) is 4.22. The van der Waals surface area contributed by atoms with Crippen LogP contribution in [0, 0.1) is 13.8 Å². The van der Waals surface area contributed by atoms with Crippen LogP contribution < -0.4 is 5.73 Å². The van der Waals surface area contributed by atoms with Crippen LogP contribution in [0.2, 0.25) is 0 Å². The van der Waals surface area contributed by atoms with Crippen molar-refractivity contribution in [2.45, 2.75) is 23.9 Å². The number of nitrogens with two attached hydrogens (primary N) is 1. The Hall–Kier alpha value is -1.94. The van der Waals surface area contributed by atoms with E-state index >= 15 is 0 Å². The summed E-state index contributed by atoms with van der Waals surface area (Å²) in [5.41, 5.74) is 11.0. The highest BCUT2D eigenvalue weighted by atomic mass is 32.2. The van der Waals surface area contributed by atoms with Crippen LogP contribution in [0.4, 0.5) is 5.69 Å². The van der Waals surface area contributed by atoms with Gasteiger partial charge in [0.15, 0.2) is 5.16 Å². The summed E-state index contributed by atoms with van der Waals surface area (Å²) in [6, 6.07) is 12.2. The molecule has 3 nitrogen and oxygen atoms in total. The molecule has 3 rings (SSSR count). The van der Waals surface area contributed by atoms with Crippen LogP contribution >= 0.6 is 11.8 Å². The maximum atomic E-state index is 5.77. The summed E-state index contributed by atoms with van der Waals surface area (Å²) in [5.74, 6) is 0. The van der Waals surface area contributed by atoms with Gasteiger partial charge in [-0.2, -0.15) is 0 Å². The Bertz CT molecular complexity index is 746. The zero-order valence-electron chi connectivity index (χ0n) is 10.9. The third-order valence-electron chi connectivity index (χ3n) is 3.02. The molecule has 0 aliphatic carbocycles. The molecule has 0 unspecified atom stereocenters. The molecule has 0 aliphatic heterocycles. The molecule has 0 radical (unpaired) electrons. The topological polar surface area (TPSA) is 54.7 Å². The molecule has 3 N–H and O–H groups in total. The minimum Gasteiger partial charge on any atom is -0.399 e. The van der Waals surface area contributed by atoms with Gasteiger partial charge in [-0.15, -0.1) is 0 Å². The van der Waals surface area contributed by atoms with E-state index in [4.69, 9.17) is 5.73 Å². The third-order valence-corrected chi connectivity index (χ3v) is 4.09. The number of aromatic nitrogens is 2. The third kappa shape index (κ3) is 2.44. The molecule has 1 heterocycles. The number of imidazole rings is 1. The molecule has 0 saturated carbocycles. The predicted octanol–water partition coefficient (Wildman–Crippen LogP) is 3.91. The smallest absolute Gasteiger partial charge is 0.171 e. The summed E-state index contributed by atoms with van der Waals surface area (Å²) in [4.78, 5) is 9.08. The molecule has 0 fully saturated rings. The van der Waals surface area contributed by atoms with Crippen LogP contribution in [0.15, 0.2) is 46.5 Å². The first kappa shape index (κ1) is 12.1. The number of anilines is 1. The van der Waals surface area contributed by atoms with Crippen molar-refractivity contribution in [1.82, 2.24) is 9.97 Å². The van der Waals surface area contributed by atoms with Crippen molar-refractivity contribution in [2.75, 3.05) is 5.73 Å². The van der Waals surface area contributed by atoms with E-state index in [2.05, 4.69) is 42.0 Å². The Balaban J connectivity index is 1.96. The first-order valence-electron chi connectivity index (χ1n) is 6.12. The van der Waals surface area contributed by atoms with Crippen molar-refractivity contribution in [3.05, 3.63) is 47.5 Å². The van der Waals surface area contributed by atoms with Crippen molar-refractivity contribution in [2.24, 2.45) is 0 Å². The number of hydrogen-bond acceptors (Lipinski definition) is 3. The van der Waals surface area contributed by atoms with Gasteiger partial charge in [0.25, 0.3) is 0 Å². The lowest BCUT2D eigenvalue weighted by Crippen LogP contribution is -1.83. The van der Waals surface area contributed by atoms with Crippen LogP contribution in [0.5, 0.6) is 0 Å². The SMILES string of the molecule is Cc1ccc(Sc2nc3ccc(N)cc3[nH]2)c(C)c1. The van der Waals surface area contributed by atoms with Crippen LogP contribution in [-0.4, -0.2) is 9.97 Å². The van der Waals surface area contributed by atoms with E-state index in [0.717, 1.165) is 21.9 Å². The minimum absolute atomic E-state index is 0.749. The molecule has 0 spiro atoms. The molecule has 0 bridgehead atoms. The monoisotopic (exact) mass is 269 g/mol. The van der Waals surface area contributed by atoms with E-state index in [0.29, 0.717) is 0 Å². The van der Waals surface area contributed by atoms with Gasteiger partial charge >= 0.3 is 0 Å². The van der Waals surface area contributed by atoms with E-state index in [9.17, 15) is 0 Å². The van der Waals surface area contributed by atoms with Crippen molar-refractivity contribution >= 4 is 28.5 Å². The van der Waals surface area contributed by atoms with Crippen LogP contribution in [0.1, 0.15) is 11.1 Å². The minimum atomic E-state index is 0.749. The molecule has 96 valence electrons. The number of rotatable bonds is 2. The van der Waals surface area contributed by atoms with Gasteiger partial charge in [-0.25, -0.2) is 4.98 Å². The summed E-state index contributed by atoms with van der Waals surface area (Å²) >= 11 is 1.65. The lowest BCUT2D eigenvalue weighted by molar-refractivity contribution is 1.08. The Labute approximate surface area is 116 Å². The zero-order chi connectivity index (χ0) is 13.4. The lowest BCUT2D eigenvalue weighted by Gasteiger charge is -2.03. The number of nitrogens with one attached hydrogen (secondary N) is 1. The van der Waals surface area contributed by atoms with Crippen LogP contribution in [0.3, 0.4) is 0 Å². The van der Waals surface area contributed by atoms with Gasteiger partial charge < -0.3 is 10.7 Å². The van der Waals surface area contributed by atoms with Crippen LogP contribution in [-0.2, 0) is 0 Å². The zero-order valence-corrected chi connectivity index (χ0v) is 11.7. The van der Waals surface area contributed by atoms with Crippen molar-refractivity contribution in [1.29, 1.82) is 0 Å². The first-order valence-corrected chi connectivity index (χ1v) is 6.94. The summed E-state index contributed by atoms with van der Waals surface area (Å²) < 4.78 is 0. The van der Waals surface area contributed by atoms with Gasteiger partial charge in [0.05, 0.1) is 11.0 Å². The highest BCUT2D eigenvalue weighted by molar-refractivity contribution is 7.99. The second kappa shape index (κ2) is 4.63. The molecule has 1 aromatic heterocycles. The number of nitrogens with zero attached hydrogens (tertiary/aromatic N) is 1. The maximum absolute atomic E-state index is 5.77. The van der Waals surface area contributed by atoms with E-state index in [1.165, 1.54) is 16.0 Å². The van der Waals surface area contributed by atoms with Gasteiger partial charge in [-0.1, -0.05) is 29.5 Å². The molecule has 0 atom stereocenters. The number of nitrogen functional groups attached to an aromatic ring is 1. The average Bonchev–Trinajstić information content (AvgIpc) is 2.74. The maximum Gasteiger partial charge on any atom is 0.171 e. The Kier molecular flexibility index (Phi) is 2.95. The molecular weight excluding hydrogens is 254 g/mol. The number of H-pyrrole nitrogens is 1. The number of fused-ring (bicyclic) bond motifs is 1. The van der Waals surface area contributed by atoms with E-state index in [1.807, 2.05) is 18.2 Å². The summed E-state index contributed by atoms with van der Waals surface area (Å²) in [6.07, 6.45) is 0. The average molecular weight is 269 g/mol. The van der Waals surface area contributed by atoms with Gasteiger partial charge in [-0.05, 0) is 43.7 Å². The number of aryl methyl sites for hydroxylation is 2. The first-order chi connectivity index (χ1) is 9.11. The number of benzene rings is 2. The Morgan fingerprint density at radius 3 is 2.74 bits per heavy atom. The van der Waals surface area contributed by atoms with Gasteiger partial charge in [0.2, 0.25) is 0 Å². The largest absolute Gasteiger partial charge is 0.399 e. The molecule has 0 amide bonds. The predicted molar refractivity (Wildman–Crippen MR) is 80.5 cm³/mol. The summed E-state index contributed by atoms with van der Waals surface area (Å²) in [5, 5.41) is 0.896. The normalized spacial score (nSPS) is 11.1. The lowest BCUT2D eigenvalue weighted by atomic mass is 10.2. The fraction of sp³-hybridized carbons (Fsp3) is 0.133. The van der Waals surface area contributed by atoms with Crippen molar-refractivity contribution < 1.29 is 0 Å². The second-order valence-electron chi connectivity index (χ2n) is 4.69. The van der Waals surface area contributed by atoms with Gasteiger partial charge in [-0.3, -0.25) is 0 Å². The van der Waals surface area contributed by atoms with Crippen molar-refractivity contribution in [3.63, 3.8) is 0 Å². The molecular formula is C15H15N3S. The fourth-order valence-electron chi connectivity index (χ4n) is 2.07. The summed E-state index contributed by atoms with van der Waals surface area (Å²) in [7, 11) is 0.